The first-order valence-corrected chi connectivity index (χ1v) is 12.3. The van der Waals surface area contributed by atoms with Crippen LogP contribution in [0.5, 0.6) is 11.5 Å². The quantitative estimate of drug-likeness (QED) is 0.223. The molecule has 1 amide bonds. The van der Waals surface area contributed by atoms with E-state index in [9.17, 15) is 4.79 Å². The lowest BCUT2D eigenvalue weighted by molar-refractivity contribution is -0.122. The van der Waals surface area contributed by atoms with Crippen LogP contribution in [0.2, 0.25) is 0 Å². The fraction of sp³-hybridized carbons (Fsp3) is 0.107. The normalized spacial score (nSPS) is 14.7. The maximum absolute atomic E-state index is 13.0. The minimum Gasteiger partial charge on any atom is -0.493 e. The Kier molecular flexibility index (Phi) is 6.79. The molecule has 174 valence electrons. The van der Waals surface area contributed by atoms with Crippen molar-refractivity contribution in [3.05, 3.63) is 107 Å². The van der Waals surface area contributed by atoms with Gasteiger partial charge in [-0.2, -0.15) is 0 Å². The number of carbonyl (C=O) groups is 1. The van der Waals surface area contributed by atoms with Crippen molar-refractivity contribution in [2.45, 2.75) is 13.2 Å². The molecule has 0 atom stereocenters. The lowest BCUT2D eigenvalue weighted by Gasteiger charge is -2.14. The predicted molar refractivity (Wildman–Crippen MR) is 144 cm³/mol. The zero-order valence-corrected chi connectivity index (χ0v) is 20.6. The number of nitrogens with zero attached hydrogens (tertiary/aromatic N) is 2. The van der Waals surface area contributed by atoms with Crippen LogP contribution in [0.3, 0.4) is 0 Å². The maximum atomic E-state index is 13.0. The van der Waals surface area contributed by atoms with Gasteiger partial charge >= 0.3 is 0 Å². The molecule has 0 radical (unpaired) electrons. The number of carbonyl (C=O) groups excluding carboxylic acids is 1. The van der Waals surface area contributed by atoms with Crippen LogP contribution in [0.1, 0.15) is 16.7 Å². The zero-order valence-electron chi connectivity index (χ0n) is 19.0. The number of hydrogen-bond donors (Lipinski definition) is 0. The van der Waals surface area contributed by atoms with E-state index in [0.29, 0.717) is 33.9 Å². The van der Waals surface area contributed by atoms with Gasteiger partial charge in [-0.15, -0.1) is 0 Å². The van der Waals surface area contributed by atoms with Crippen molar-refractivity contribution in [2.75, 3.05) is 7.11 Å². The maximum Gasteiger partial charge on any atom is 0.266 e. The molecule has 1 aliphatic heterocycles. The minimum absolute atomic E-state index is 0.112. The van der Waals surface area contributed by atoms with E-state index in [0.717, 1.165) is 16.7 Å². The highest BCUT2D eigenvalue weighted by Gasteiger charge is 2.32. The monoisotopic (exact) mass is 498 g/mol. The lowest BCUT2D eigenvalue weighted by Crippen LogP contribution is -2.27. The summed E-state index contributed by atoms with van der Waals surface area (Å²) in [5, 5.41) is 2.34. The molecular formula is C28H22N2O3S2. The Morgan fingerprint density at radius 1 is 1.03 bits per heavy atom. The average molecular weight is 499 g/mol. The highest BCUT2D eigenvalue weighted by atomic mass is 32.2. The van der Waals surface area contributed by atoms with Gasteiger partial charge in [-0.05, 0) is 51.7 Å². The van der Waals surface area contributed by atoms with Gasteiger partial charge in [0.15, 0.2) is 11.5 Å². The molecule has 1 aromatic heterocycles. The summed E-state index contributed by atoms with van der Waals surface area (Å²) in [6.45, 7) is 0.824. The molecule has 0 unspecified atom stereocenters. The molecule has 5 rings (SSSR count). The minimum atomic E-state index is -0.112. The van der Waals surface area contributed by atoms with E-state index in [1.807, 2.05) is 54.6 Å². The standard InChI is InChI=1S/C28H22N2O3S2/c1-32-25-14-19(15-26-27(31)30(28(34)35-26)17-20-6-5-13-29-16-20)11-12-24(25)33-18-22-9-4-8-21-7-2-3-10-23(21)22/h2-16H,17-18H2,1H3/b26-15+. The number of benzene rings is 3. The number of pyridine rings is 1. The van der Waals surface area contributed by atoms with E-state index in [2.05, 4.69) is 29.2 Å². The van der Waals surface area contributed by atoms with Gasteiger partial charge in [0, 0.05) is 12.4 Å². The molecule has 2 heterocycles. The number of ether oxygens (including phenoxy) is 2. The van der Waals surface area contributed by atoms with Crippen molar-refractivity contribution in [3.63, 3.8) is 0 Å². The summed E-state index contributed by atoms with van der Waals surface area (Å²) in [5.74, 6) is 1.13. The molecular weight excluding hydrogens is 476 g/mol. The van der Waals surface area contributed by atoms with Crippen LogP contribution in [0.25, 0.3) is 16.8 Å². The van der Waals surface area contributed by atoms with E-state index < -0.39 is 0 Å². The summed E-state index contributed by atoms with van der Waals surface area (Å²) in [4.78, 5) is 19.3. The number of aromatic nitrogens is 1. The molecule has 7 heteroatoms. The van der Waals surface area contributed by atoms with Crippen molar-refractivity contribution in [3.8, 4) is 11.5 Å². The first-order valence-electron chi connectivity index (χ1n) is 11.0. The number of rotatable bonds is 7. The number of methoxy groups -OCH3 is 1. The number of thiocarbonyl (C=S) groups is 1. The average Bonchev–Trinajstić information content (AvgIpc) is 3.15. The Morgan fingerprint density at radius 3 is 2.71 bits per heavy atom. The zero-order chi connectivity index (χ0) is 24.2. The Labute approximate surface area is 213 Å². The Bertz CT molecular complexity index is 1430. The summed E-state index contributed by atoms with van der Waals surface area (Å²) >= 11 is 6.75. The lowest BCUT2D eigenvalue weighted by atomic mass is 10.1. The van der Waals surface area contributed by atoms with Crippen LogP contribution in [0.4, 0.5) is 0 Å². The van der Waals surface area contributed by atoms with Crippen molar-refractivity contribution in [1.82, 2.24) is 9.88 Å². The van der Waals surface area contributed by atoms with E-state index in [-0.39, 0.29) is 5.91 Å². The van der Waals surface area contributed by atoms with E-state index in [4.69, 9.17) is 21.7 Å². The number of hydrogen-bond acceptors (Lipinski definition) is 6. The number of thioether (sulfide) groups is 1. The summed E-state index contributed by atoms with van der Waals surface area (Å²) in [7, 11) is 1.61. The van der Waals surface area contributed by atoms with Gasteiger partial charge in [-0.25, -0.2) is 0 Å². The fourth-order valence-corrected chi connectivity index (χ4v) is 5.18. The van der Waals surface area contributed by atoms with Crippen LogP contribution >= 0.6 is 24.0 Å². The van der Waals surface area contributed by atoms with Gasteiger partial charge in [0.05, 0.1) is 18.6 Å². The molecule has 0 saturated carbocycles. The van der Waals surface area contributed by atoms with Crippen molar-refractivity contribution in [1.29, 1.82) is 0 Å². The second kappa shape index (κ2) is 10.3. The van der Waals surface area contributed by atoms with Gasteiger partial charge in [-0.3, -0.25) is 14.7 Å². The highest BCUT2D eigenvalue weighted by Crippen LogP contribution is 2.36. The van der Waals surface area contributed by atoms with E-state index >= 15 is 0 Å². The third kappa shape index (κ3) is 5.06. The molecule has 1 aliphatic rings. The van der Waals surface area contributed by atoms with Crippen LogP contribution in [0, 0.1) is 0 Å². The largest absolute Gasteiger partial charge is 0.493 e. The Hall–Kier alpha value is -3.68. The third-order valence-electron chi connectivity index (χ3n) is 5.69. The van der Waals surface area contributed by atoms with Gasteiger partial charge in [0.25, 0.3) is 5.91 Å². The fourth-order valence-electron chi connectivity index (χ4n) is 3.93. The Morgan fingerprint density at radius 2 is 1.89 bits per heavy atom. The molecule has 0 bridgehead atoms. The van der Waals surface area contributed by atoms with Crippen molar-refractivity contribution in [2.24, 2.45) is 0 Å². The SMILES string of the molecule is COc1cc(/C=C2/SC(=S)N(Cc3cccnc3)C2=O)ccc1OCc1cccc2ccccc12. The predicted octanol–water partition coefficient (Wildman–Crippen LogP) is 6.22. The van der Waals surface area contributed by atoms with Crippen molar-refractivity contribution >= 4 is 51.1 Å². The molecule has 3 aromatic carbocycles. The molecule has 4 aromatic rings. The summed E-state index contributed by atoms with van der Waals surface area (Å²) in [6, 6.07) is 23.9. The molecule has 1 saturated heterocycles. The van der Waals surface area contributed by atoms with Crippen LogP contribution in [-0.4, -0.2) is 27.2 Å². The third-order valence-corrected chi connectivity index (χ3v) is 7.06. The molecule has 0 aliphatic carbocycles. The van der Waals surface area contributed by atoms with Crippen LogP contribution < -0.4 is 9.47 Å². The van der Waals surface area contributed by atoms with Crippen LogP contribution in [0.15, 0.2) is 90.1 Å². The van der Waals surface area contributed by atoms with Gasteiger partial charge < -0.3 is 9.47 Å². The summed E-state index contributed by atoms with van der Waals surface area (Å²) < 4.78 is 12.2. The molecule has 5 nitrogen and oxygen atoms in total. The number of fused-ring (bicyclic) bond motifs is 1. The van der Waals surface area contributed by atoms with E-state index in [1.165, 1.54) is 22.5 Å². The molecule has 35 heavy (non-hydrogen) atoms. The topological polar surface area (TPSA) is 51.7 Å². The van der Waals surface area contributed by atoms with E-state index in [1.54, 1.807) is 24.4 Å². The Balaban J connectivity index is 1.32. The first-order chi connectivity index (χ1) is 17.1. The first kappa shape index (κ1) is 23.1. The summed E-state index contributed by atoms with van der Waals surface area (Å²) in [5.41, 5.74) is 2.87. The van der Waals surface area contributed by atoms with Gasteiger partial charge in [0.1, 0.15) is 10.9 Å². The highest BCUT2D eigenvalue weighted by molar-refractivity contribution is 8.26. The second-order valence-electron chi connectivity index (χ2n) is 7.97. The van der Waals surface area contributed by atoms with Gasteiger partial charge in [-0.1, -0.05) is 78.6 Å². The molecule has 1 fully saturated rings. The molecule has 0 spiro atoms. The molecule has 0 N–H and O–H groups in total. The smallest absolute Gasteiger partial charge is 0.266 e. The number of amides is 1. The van der Waals surface area contributed by atoms with Crippen LogP contribution in [-0.2, 0) is 17.9 Å². The summed E-state index contributed by atoms with van der Waals surface area (Å²) in [6.07, 6.45) is 5.28. The van der Waals surface area contributed by atoms with Crippen molar-refractivity contribution < 1.29 is 14.3 Å². The second-order valence-corrected chi connectivity index (χ2v) is 9.64. The van der Waals surface area contributed by atoms with Gasteiger partial charge in [0.2, 0.25) is 0 Å².